The van der Waals surface area contributed by atoms with Crippen LogP contribution in [0.5, 0.6) is 5.75 Å². The lowest BCUT2D eigenvalue weighted by molar-refractivity contribution is 0.302. The molecule has 0 saturated heterocycles. The molecule has 0 bridgehead atoms. The van der Waals surface area contributed by atoms with Crippen LogP contribution >= 0.6 is 0 Å². The van der Waals surface area contributed by atoms with E-state index in [9.17, 15) is 0 Å². The molecule has 0 unspecified atom stereocenters. The molecule has 0 fully saturated rings. The highest BCUT2D eigenvalue weighted by molar-refractivity contribution is 5.80. The van der Waals surface area contributed by atoms with Crippen molar-refractivity contribution >= 4 is 10.9 Å². The molecule has 5 aromatic rings. The molecule has 0 spiro atoms. The number of hydrogen-bond donors (Lipinski definition) is 0. The van der Waals surface area contributed by atoms with Crippen molar-refractivity contribution in [2.75, 3.05) is 0 Å². The van der Waals surface area contributed by atoms with E-state index in [1.54, 1.807) is 0 Å². The summed E-state index contributed by atoms with van der Waals surface area (Å²) >= 11 is 0. The largest absolute Gasteiger partial charge is 0.487 e. The molecule has 0 aliphatic heterocycles. The molecule has 0 radical (unpaired) electrons. The van der Waals surface area contributed by atoms with E-state index in [1.165, 1.54) is 0 Å². The van der Waals surface area contributed by atoms with Crippen LogP contribution in [0.2, 0.25) is 0 Å². The van der Waals surface area contributed by atoms with Gasteiger partial charge in [-0.2, -0.15) is 5.10 Å². The fraction of sp³-hybridized carbons (Fsp3) is 0.0769. The number of hydrogen-bond acceptors (Lipinski definition) is 3. The fourth-order valence-electron chi connectivity index (χ4n) is 3.59. The Morgan fingerprint density at radius 2 is 1.53 bits per heavy atom. The molecule has 30 heavy (non-hydrogen) atoms. The highest BCUT2D eigenvalue weighted by atomic mass is 16.5. The van der Waals surface area contributed by atoms with Crippen LogP contribution in [0.15, 0.2) is 97.2 Å². The molecule has 0 N–H and O–H groups in total. The Kier molecular flexibility index (Phi) is 4.74. The fourth-order valence-corrected chi connectivity index (χ4v) is 3.59. The summed E-state index contributed by atoms with van der Waals surface area (Å²) in [6, 6.07) is 30.6. The lowest BCUT2D eigenvalue weighted by Crippen LogP contribution is -1.98. The Balaban J connectivity index is 1.35. The molecule has 2 heterocycles. The van der Waals surface area contributed by atoms with Gasteiger partial charge < -0.3 is 4.74 Å². The van der Waals surface area contributed by atoms with Gasteiger partial charge in [-0.25, -0.2) is 4.98 Å². The summed E-state index contributed by atoms with van der Waals surface area (Å²) in [6.45, 7) is 0.434. The van der Waals surface area contributed by atoms with Crippen molar-refractivity contribution in [3.05, 3.63) is 103 Å². The quantitative estimate of drug-likeness (QED) is 0.375. The van der Waals surface area contributed by atoms with Gasteiger partial charge in [0, 0.05) is 29.8 Å². The number of ether oxygens (including phenoxy) is 1. The van der Waals surface area contributed by atoms with Crippen molar-refractivity contribution in [1.82, 2.24) is 14.8 Å². The number of aromatic nitrogens is 3. The van der Waals surface area contributed by atoms with Gasteiger partial charge in [0.25, 0.3) is 0 Å². The van der Waals surface area contributed by atoms with Crippen molar-refractivity contribution in [1.29, 1.82) is 0 Å². The average Bonchev–Trinajstić information content (AvgIpc) is 3.20. The van der Waals surface area contributed by atoms with Gasteiger partial charge in [0.05, 0.1) is 11.2 Å². The van der Waals surface area contributed by atoms with E-state index in [-0.39, 0.29) is 0 Å². The van der Waals surface area contributed by atoms with E-state index < -0.39 is 0 Å². The summed E-state index contributed by atoms with van der Waals surface area (Å²) in [5.74, 6) is 0.811. The van der Waals surface area contributed by atoms with Crippen molar-refractivity contribution in [2.24, 2.45) is 7.05 Å². The molecule has 0 aliphatic rings. The van der Waals surface area contributed by atoms with Crippen LogP contribution in [0.4, 0.5) is 0 Å². The van der Waals surface area contributed by atoms with Crippen molar-refractivity contribution in [3.8, 4) is 28.1 Å². The predicted molar refractivity (Wildman–Crippen MR) is 120 cm³/mol. The molecule has 146 valence electrons. The summed E-state index contributed by atoms with van der Waals surface area (Å²) in [5, 5.41) is 5.81. The monoisotopic (exact) mass is 391 g/mol. The minimum Gasteiger partial charge on any atom is -0.487 e. The zero-order valence-corrected chi connectivity index (χ0v) is 16.7. The molecule has 5 rings (SSSR count). The molecule has 2 aromatic heterocycles. The second kappa shape index (κ2) is 7.84. The number of rotatable bonds is 5. The van der Waals surface area contributed by atoms with Crippen LogP contribution in [0.3, 0.4) is 0 Å². The number of fused-ring (bicyclic) bond motifs is 1. The molecule has 0 saturated carbocycles. The number of benzene rings is 3. The first-order valence-corrected chi connectivity index (χ1v) is 9.93. The second-order valence-electron chi connectivity index (χ2n) is 7.24. The number of nitrogens with zero attached hydrogens (tertiary/aromatic N) is 3. The van der Waals surface area contributed by atoms with Gasteiger partial charge in [-0.3, -0.25) is 4.68 Å². The summed E-state index contributed by atoms with van der Waals surface area (Å²) in [6.07, 6.45) is 2.06. The summed E-state index contributed by atoms with van der Waals surface area (Å²) < 4.78 is 7.82. The topological polar surface area (TPSA) is 39.9 Å². The van der Waals surface area contributed by atoms with Gasteiger partial charge in [0.1, 0.15) is 18.1 Å². The van der Waals surface area contributed by atoms with E-state index in [4.69, 9.17) is 4.74 Å². The summed E-state index contributed by atoms with van der Waals surface area (Å²) in [5.41, 5.74) is 6.19. The van der Waals surface area contributed by atoms with Crippen molar-refractivity contribution in [3.63, 3.8) is 0 Å². The number of pyridine rings is 1. The van der Waals surface area contributed by atoms with E-state index in [0.29, 0.717) is 6.61 Å². The SMILES string of the molecule is Cn1cc(-c2ccccc2)c(-c2ccc(OCc3ccc4ccccc4n3)cc2)n1. The van der Waals surface area contributed by atoms with Crippen LogP contribution in [0, 0.1) is 0 Å². The predicted octanol–water partition coefficient (Wildman–Crippen LogP) is 5.88. The first-order chi connectivity index (χ1) is 14.8. The first-order valence-electron chi connectivity index (χ1n) is 9.93. The Hall–Kier alpha value is -3.92. The Morgan fingerprint density at radius 3 is 2.37 bits per heavy atom. The minimum atomic E-state index is 0.434. The lowest BCUT2D eigenvalue weighted by atomic mass is 10.0. The second-order valence-corrected chi connectivity index (χ2v) is 7.24. The molecule has 4 heteroatoms. The minimum absolute atomic E-state index is 0.434. The van der Waals surface area contributed by atoms with Gasteiger partial charge in [0.15, 0.2) is 0 Å². The average molecular weight is 391 g/mol. The highest BCUT2D eigenvalue weighted by Gasteiger charge is 2.12. The van der Waals surface area contributed by atoms with E-state index in [1.807, 2.05) is 66.3 Å². The van der Waals surface area contributed by atoms with Crippen molar-refractivity contribution < 1.29 is 4.74 Å². The molecule has 0 atom stereocenters. The zero-order chi connectivity index (χ0) is 20.3. The zero-order valence-electron chi connectivity index (χ0n) is 16.7. The third kappa shape index (κ3) is 3.67. The Labute approximate surface area is 175 Å². The first kappa shape index (κ1) is 18.1. The third-order valence-electron chi connectivity index (χ3n) is 5.08. The smallest absolute Gasteiger partial charge is 0.130 e. The van der Waals surface area contributed by atoms with Gasteiger partial charge in [-0.15, -0.1) is 0 Å². The number of para-hydroxylation sites is 1. The van der Waals surface area contributed by atoms with E-state index in [2.05, 4.69) is 52.7 Å². The van der Waals surface area contributed by atoms with Gasteiger partial charge >= 0.3 is 0 Å². The number of aryl methyl sites for hydroxylation is 1. The molecular formula is C26H21N3O. The van der Waals surface area contributed by atoms with Crippen molar-refractivity contribution in [2.45, 2.75) is 6.61 Å². The molecule has 0 aliphatic carbocycles. The van der Waals surface area contributed by atoms with Gasteiger partial charge in [-0.1, -0.05) is 54.6 Å². The Bertz CT molecular complexity index is 1290. The van der Waals surface area contributed by atoms with Gasteiger partial charge in [-0.05, 0) is 42.0 Å². The maximum atomic E-state index is 5.96. The normalized spacial score (nSPS) is 11.0. The van der Waals surface area contributed by atoms with Crippen LogP contribution in [0.1, 0.15) is 5.69 Å². The summed E-state index contributed by atoms with van der Waals surface area (Å²) in [4.78, 5) is 4.67. The Morgan fingerprint density at radius 1 is 0.767 bits per heavy atom. The highest BCUT2D eigenvalue weighted by Crippen LogP contribution is 2.31. The standard InChI is InChI=1S/C26H21N3O/c1-29-17-24(19-7-3-2-4-8-19)26(28-29)21-12-15-23(16-13-21)30-18-22-14-11-20-9-5-6-10-25(20)27-22/h2-17H,18H2,1H3. The molecule has 0 amide bonds. The van der Waals surface area contributed by atoms with Crippen LogP contribution in [-0.4, -0.2) is 14.8 Å². The van der Waals surface area contributed by atoms with E-state index in [0.717, 1.165) is 44.7 Å². The molecule has 4 nitrogen and oxygen atoms in total. The van der Waals surface area contributed by atoms with Gasteiger partial charge in [0.2, 0.25) is 0 Å². The maximum absolute atomic E-state index is 5.96. The summed E-state index contributed by atoms with van der Waals surface area (Å²) in [7, 11) is 1.95. The molecule has 3 aromatic carbocycles. The third-order valence-corrected chi connectivity index (χ3v) is 5.08. The maximum Gasteiger partial charge on any atom is 0.130 e. The lowest BCUT2D eigenvalue weighted by Gasteiger charge is -2.08. The van der Waals surface area contributed by atoms with Crippen LogP contribution in [0.25, 0.3) is 33.3 Å². The molecular weight excluding hydrogens is 370 g/mol. The van der Waals surface area contributed by atoms with Crippen LogP contribution < -0.4 is 4.74 Å². The van der Waals surface area contributed by atoms with E-state index >= 15 is 0 Å². The van der Waals surface area contributed by atoms with Crippen LogP contribution in [-0.2, 0) is 13.7 Å².